The standard InChI is InChI=1S/C10H12ClN3S/c1-6-8(11)4-5-9(12-6)14-10(15)13-7-2-3-7/h4-5,7H,2-3H2,1H3,(H2,12,13,14,15). The molecule has 2 N–H and O–H groups in total. The monoisotopic (exact) mass is 241 g/mol. The van der Waals surface area contributed by atoms with Crippen LogP contribution in [0.15, 0.2) is 12.1 Å². The van der Waals surface area contributed by atoms with E-state index in [-0.39, 0.29) is 0 Å². The first-order valence-electron chi connectivity index (χ1n) is 4.86. The highest BCUT2D eigenvalue weighted by Gasteiger charge is 2.21. The fourth-order valence-electron chi connectivity index (χ4n) is 1.18. The van der Waals surface area contributed by atoms with Gasteiger partial charge in [-0.2, -0.15) is 0 Å². The molecule has 1 aromatic rings. The molecule has 3 nitrogen and oxygen atoms in total. The lowest BCUT2D eigenvalue weighted by Crippen LogP contribution is -2.30. The van der Waals surface area contributed by atoms with E-state index in [1.165, 1.54) is 12.8 Å². The molecule has 1 heterocycles. The van der Waals surface area contributed by atoms with Gasteiger partial charge in [0.2, 0.25) is 0 Å². The van der Waals surface area contributed by atoms with Crippen LogP contribution < -0.4 is 10.6 Å². The summed E-state index contributed by atoms with van der Waals surface area (Å²) in [6.07, 6.45) is 2.41. The maximum atomic E-state index is 5.87. The lowest BCUT2D eigenvalue weighted by Gasteiger charge is -2.09. The number of hydrogen-bond acceptors (Lipinski definition) is 2. The summed E-state index contributed by atoms with van der Waals surface area (Å²) < 4.78 is 0. The van der Waals surface area contributed by atoms with Crippen LogP contribution in [0.2, 0.25) is 5.02 Å². The van der Waals surface area contributed by atoms with Crippen molar-refractivity contribution in [3.05, 3.63) is 22.8 Å². The third-order valence-corrected chi connectivity index (χ3v) is 2.79. The Hall–Kier alpha value is -0.870. The van der Waals surface area contributed by atoms with Crippen molar-refractivity contribution >= 4 is 34.7 Å². The van der Waals surface area contributed by atoms with Gasteiger partial charge < -0.3 is 10.6 Å². The maximum absolute atomic E-state index is 5.87. The Morgan fingerprint density at radius 1 is 1.53 bits per heavy atom. The number of nitrogens with one attached hydrogen (secondary N) is 2. The first kappa shape index (κ1) is 10.6. The molecule has 1 fully saturated rings. The van der Waals surface area contributed by atoms with Crippen LogP contribution in [-0.2, 0) is 0 Å². The van der Waals surface area contributed by atoms with Crippen LogP contribution in [0.5, 0.6) is 0 Å². The number of aromatic nitrogens is 1. The summed E-state index contributed by atoms with van der Waals surface area (Å²) in [5.74, 6) is 0.732. The zero-order valence-electron chi connectivity index (χ0n) is 8.38. The van der Waals surface area contributed by atoms with Gasteiger partial charge in [0.1, 0.15) is 5.82 Å². The van der Waals surface area contributed by atoms with Crippen LogP contribution in [0.3, 0.4) is 0 Å². The molecular weight excluding hydrogens is 230 g/mol. The quantitative estimate of drug-likeness (QED) is 0.781. The summed E-state index contributed by atoms with van der Waals surface area (Å²) in [6.45, 7) is 1.87. The van der Waals surface area contributed by atoms with Crippen molar-refractivity contribution in [3.8, 4) is 0 Å². The second kappa shape index (κ2) is 4.33. The van der Waals surface area contributed by atoms with Gasteiger partial charge in [-0.15, -0.1) is 0 Å². The second-order valence-electron chi connectivity index (χ2n) is 3.64. The molecule has 0 amide bonds. The van der Waals surface area contributed by atoms with Crippen molar-refractivity contribution in [3.63, 3.8) is 0 Å². The fourth-order valence-corrected chi connectivity index (χ4v) is 1.56. The summed E-state index contributed by atoms with van der Waals surface area (Å²) in [6, 6.07) is 4.18. The van der Waals surface area contributed by atoms with Gasteiger partial charge in [0.15, 0.2) is 5.11 Å². The molecule has 1 aliphatic carbocycles. The second-order valence-corrected chi connectivity index (χ2v) is 4.45. The van der Waals surface area contributed by atoms with E-state index in [0.29, 0.717) is 16.2 Å². The minimum absolute atomic E-state index is 0.554. The van der Waals surface area contributed by atoms with E-state index in [2.05, 4.69) is 15.6 Å². The van der Waals surface area contributed by atoms with E-state index in [1.54, 1.807) is 0 Å². The van der Waals surface area contributed by atoms with Crippen molar-refractivity contribution in [2.24, 2.45) is 0 Å². The molecule has 80 valence electrons. The number of nitrogens with zero attached hydrogens (tertiary/aromatic N) is 1. The summed E-state index contributed by atoms with van der Waals surface area (Å²) in [7, 11) is 0. The van der Waals surface area contributed by atoms with Crippen molar-refractivity contribution in [2.75, 3.05) is 5.32 Å². The molecule has 0 atom stereocenters. The van der Waals surface area contributed by atoms with Crippen LogP contribution in [0, 0.1) is 6.92 Å². The smallest absolute Gasteiger partial charge is 0.172 e. The highest BCUT2D eigenvalue weighted by atomic mass is 35.5. The Balaban J connectivity index is 1.97. The first-order valence-corrected chi connectivity index (χ1v) is 5.64. The predicted molar refractivity (Wildman–Crippen MR) is 66.4 cm³/mol. The summed E-state index contributed by atoms with van der Waals surface area (Å²) in [4.78, 5) is 4.27. The summed E-state index contributed by atoms with van der Waals surface area (Å²) in [5.41, 5.74) is 0.802. The minimum Gasteiger partial charge on any atom is -0.360 e. The Morgan fingerprint density at radius 2 is 2.27 bits per heavy atom. The van der Waals surface area contributed by atoms with Crippen LogP contribution in [-0.4, -0.2) is 16.1 Å². The maximum Gasteiger partial charge on any atom is 0.172 e. The molecular formula is C10H12ClN3S. The number of thiocarbonyl (C=S) groups is 1. The Morgan fingerprint density at radius 3 is 2.87 bits per heavy atom. The van der Waals surface area contributed by atoms with Gasteiger partial charge in [-0.05, 0) is 44.1 Å². The molecule has 15 heavy (non-hydrogen) atoms. The molecule has 0 bridgehead atoms. The van der Waals surface area contributed by atoms with Gasteiger partial charge >= 0.3 is 0 Å². The Kier molecular flexibility index (Phi) is 3.07. The van der Waals surface area contributed by atoms with Gasteiger partial charge in [0.05, 0.1) is 10.7 Å². The van der Waals surface area contributed by atoms with E-state index in [9.17, 15) is 0 Å². The molecule has 1 saturated carbocycles. The van der Waals surface area contributed by atoms with Crippen molar-refractivity contribution in [1.29, 1.82) is 0 Å². The van der Waals surface area contributed by atoms with Gasteiger partial charge in [-0.1, -0.05) is 11.6 Å². The largest absolute Gasteiger partial charge is 0.360 e. The lowest BCUT2D eigenvalue weighted by molar-refractivity contribution is 0.918. The molecule has 0 radical (unpaired) electrons. The van der Waals surface area contributed by atoms with Crippen LogP contribution in [0.25, 0.3) is 0 Å². The van der Waals surface area contributed by atoms with Crippen LogP contribution in [0.4, 0.5) is 5.82 Å². The molecule has 1 aliphatic rings. The summed E-state index contributed by atoms with van der Waals surface area (Å²) >= 11 is 11.0. The molecule has 5 heteroatoms. The van der Waals surface area contributed by atoms with E-state index < -0.39 is 0 Å². The number of rotatable bonds is 2. The Labute approximate surface area is 99.2 Å². The number of hydrogen-bond donors (Lipinski definition) is 2. The number of halogens is 1. The van der Waals surface area contributed by atoms with E-state index in [0.717, 1.165) is 11.5 Å². The normalized spacial score (nSPS) is 14.8. The summed E-state index contributed by atoms with van der Waals surface area (Å²) in [5, 5.41) is 7.52. The Bertz CT molecular complexity index is 390. The van der Waals surface area contributed by atoms with E-state index in [1.807, 2.05) is 19.1 Å². The molecule has 0 spiro atoms. The molecule has 0 saturated heterocycles. The third-order valence-electron chi connectivity index (χ3n) is 2.18. The highest BCUT2D eigenvalue weighted by Crippen LogP contribution is 2.19. The predicted octanol–water partition coefficient (Wildman–Crippen LogP) is 2.49. The van der Waals surface area contributed by atoms with Gasteiger partial charge in [-0.3, -0.25) is 0 Å². The zero-order chi connectivity index (χ0) is 10.8. The lowest BCUT2D eigenvalue weighted by atomic mass is 10.4. The van der Waals surface area contributed by atoms with E-state index >= 15 is 0 Å². The minimum atomic E-state index is 0.554. The van der Waals surface area contributed by atoms with Crippen molar-refractivity contribution < 1.29 is 0 Å². The van der Waals surface area contributed by atoms with Crippen LogP contribution >= 0.6 is 23.8 Å². The number of anilines is 1. The zero-order valence-corrected chi connectivity index (χ0v) is 9.95. The van der Waals surface area contributed by atoms with E-state index in [4.69, 9.17) is 23.8 Å². The topological polar surface area (TPSA) is 37.0 Å². The third kappa shape index (κ3) is 3.04. The molecule has 0 unspecified atom stereocenters. The molecule has 0 aromatic carbocycles. The average Bonchev–Trinajstić information content (AvgIpc) is 2.95. The van der Waals surface area contributed by atoms with Gasteiger partial charge in [0, 0.05) is 6.04 Å². The number of pyridine rings is 1. The average molecular weight is 242 g/mol. The van der Waals surface area contributed by atoms with Gasteiger partial charge in [0.25, 0.3) is 0 Å². The molecule has 1 aromatic heterocycles. The van der Waals surface area contributed by atoms with Gasteiger partial charge in [-0.25, -0.2) is 4.98 Å². The molecule has 0 aliphatic heterocycles. The fraction of sp³-hybridized carbons (Fsp3) is 0.400. The van der Waals surface area contributed by atoms with Crippen molar-refractivity contribution in [1.82, 2.24) is 10.3 Å². The number of aryl methyl sites for hydroxylation is 1. The highest BCUT2D eigenvalue weighted by molar-refractivity contribution is 7.80. The SMILES string of the molecule is Cc1nc(NC(=S)NC2CC2)ccc1Cl. The first-order chi connectivity index (χ1) is 7.15. The van der Waals surface area contributed by atoms with Crippen LogP contribution in [0.1, 0.15) is 18.5 Å². The van der Waals surface area contributed by atoms with Crippen molar-refractivity contribution in [2.45, 2.75) is 25.8 Å². The molecule has 2 rings (SSSR count).